The molecule has 1 aliphatic rings. The van der Waals surface area contributed by atoms with E-state index in [1.165, 1.54) is 12.8 Å². The van der Waals surface area contributed by atoms with Crippen molar-refractivity contribution in [2.45, 2.75) is 32.1 Å². The Morgan fingerprint density at radius 1 is 0.969 bits per heavy atom. The molecule has 0 bridgehead atoms. The van der Waals surface area contributed by atoms with E-state index in [9.17, 15) is 22.4 Å². The number of likely N-dealkylation sites (tertiary alicyclic amines) is 1. The highest BCUT2D eigenvalue weighted by atomic mass is 19.4. The van der Waals surface area contributed by atoms with Crippen LogP contribution in [0.3, 0.4) is 0 Å². The lowest BCUT2D eigenvalue weighted by molar-refractivity contribution is -0.143. The summed E-state index contributed by atoms with van der Waals surface area (Å²) in [4.78, 5) is 14.8. The number of halogens is 4. The molecule has 6 nitrogen and oxygen atoms in total. The lowest BCUT2D eigenvalue weighted by atomic mass is 10.1. The second-order valence-electron chi connectivity index (χ2n) is 7.66. The van der Waals surface area contributed by atoms with E-state index < -0.39 is 29.3 Å². The molecule has 3 aromatic rings. The molecular weight excluding hydrogens is 426 g/mol. The van der Waals surface area contributed by atoms with Crippen LogP contribution < -0.4 is 5.32 Å². The topological polar surface area (TPSA) is 63.1 Å². The SMILES string of the molecule is O=C(NCc1ccc(CN2CCCC2)cc1)c1nnn(-c2ccc(F)cc2)c1C(F)(F)F. The van der Waals surface area contributed by atoms with E-state index in [0.29, 0.717) is 4.68 Å². The first-order valence-electron chi connectivity index (χ1n) is 10.2. The van der Waals surface area contributed by atoms with E-state index in [2.05, 4.69) is 20.5 Å². The van der Waals surface area contributed by atoms with Crippen LogP contribution in [0.5, 0.6) is 0 Å². The molecule has 2 heterocycles. The zero-order valence-electron chi connectivity index (χ0n) is 17.1. The van der Waals surface area contributed by atoms with Crippen LogP contribution in [-0.2, 0) is 19.3 Å². The van der Waals surface area contributed by atoms with Crippen LogP contribution in [0, 0.1) is 5.82 Å². The van der Waals surface area contributed by atoms with E-state index in [-0.39, 0.29) is 12.2 Å². The lowest BCUT2D eigenvalue weighted by Gasteiger charge is -2.14. The maximum absolute atomic E-state index is 13.7. The first-order valence-corrected chi connectivity index (χ1v) is 10.2. The molecule has 1 N–H and O–H groups in total. The largest absolute Gasteiger partial charge is 0.435 e. The van der Waals surface area contributed by atoms with Gasteiger partial charge >= 0.3 is 6.18 Å². The second-order valence-corrected chi connectivity index (χ2v) is 7.66. The Bertz CT molecular complexity index is 1070. The van der Waals surface area contributed by atoms with Crippen molar-refractivity contribution >= 4 is 5.91 Å². The Labute approximate surface area is 181 Å². The van der Waals surface area contributed by atoms with Gasteiger partial charge in [0.15, 0.2) is 11.4 Å². The van der Waals surface area contributed by atoms with Crippen molar-refractivity contribution in [2.75, 3.05) is 13.1 Å². The van der Waals surface area contributed by atoms with Gasteiger partial charge in [-0.25, -0.2) is 9.07 Å². The molecule has 0 saturated carbocycles. The van der Waals surface area contributed by atoms with Crippen molar-refractivity contribution in [3.63, 3.8) is 0 Å². The maximum Gasteiger partial charge on any atom is 0.435 e. The first-order chi connectivity index (χ1) is 15.3. The van der Waals surface area contributed by atoms with Gasteiger partial charge in [0.2, 0.25) is 0 Å². The Hall–Kier alpha value is -3.27. The number of rotatable bonds is 6. The molecule has 0 aliphatic carbocycles. The standard InChI is InChI=1S/C22H21F4N5O/c23-17-7-9-18(10-8-17)31-20(22(24,25)26)19(28-29-31)21(32)27-13-15-3-5-16(6-4-15)14-30-11-1-2-12-30/h3-10H,1-2,11-14H2,(H,27,32). The smallest absolute Gasteiger partial charge is 0.346 e. The molecule has 1 saturated heterocycles. The highest BCUT2D eigenvalue weighted by Crippen LogP contribution is 2.32. The van der Waals surface area contributed by atoms with Gasteiger partial charge in [-0.15, -0.1) is 5.10 Å². The quantitative estimate of drug-likeness (QED) is 0.582. The summed E-state index contributed by atoms with van der Waals surface area (Å²) in [5.41, 5.74) is -0.319. The summed E-state index contributed by atoms with van der Waals surface area (Å²) in [6.07, 6.45) is -2.48. The number of nitrogens with zero attached hydrogens (tertiary/aromatic N) is 4. The van der Waals surface area contributed by atoms with Gasteiger partial charge in [-0.05, 0) is 61.3 Å². The summed E-state index contributed by atoms with van der Waals surface area (Å²) in [5.74, 6) is -1.60. The van der Waals surface area contributed by atoms with Crippen LogP contribution in [0.15, 0.2) is 48.5 Å². The fourth-order valence-corrected chi connectivity index (χ4v) is 3.68. The molecule has 0 spiro atoms. The average molecular weight is 447 g/mol. The number of alkyl halides is 3. The third kappa shape index (κ3) is 4.96. The van der Waals surface area contributed by atoms with Gasteiger partial charge in [-0.3, -0.25) is 9.69 Å². The van der Waals surface area contributed by atoms with Gasteiger partial charge in [0.1, 0.15) is 5.82 Å². The molecule has 32 heavy (non-hydrogen) atoms. The number of carbonyl (C=O) groups excluding carboxylic acids is 1. The summed E-state index contributed by atoms with van der Waals surface area (Å²) in [5, 5.41) is 9.39. The molecule has 0 radical (unpaired) electrons. The molecule has 1 fully saturated rings. The van der Waals surface area contributed by atoms with Crippen molar-refractivity contribution < 1.29 is 22.4 Å². The predicted octanol–water partition coefficient (Wildman–Crippen LogP) is 3.95. The summed E-state index contributed by atoms with van der Waals surface area (Å²) < 4.78 is 54.7. The Morgan fingerprint density at radius 3 is 2.22 bits per heavy atom. The molecule has 10 heteroatoms. The molecular formula is C22H21F4N5O. The van der Waals surface area contributed by atoms with Gasteiger partial charge in [-0.2, -0.15) is 13.2 Å². The van der Waals surface area contributed by atoms with E-state index >= 15 is 0 Å². The second kappa shape index (κ2) is 9.07. The van der Waals surface area contributed by atoms with Crippen molar-refractivity contribution in [1.82, 2.24) is 25.2 Å². The third-order valence-corrected chi connectivity index (χ3v) is 5.31. The summed E-state index contributed by atoms with van der Waals surface area (Å²) in [6.45, 7) is 3.06. The zero-order valence-corrected chi connectivity index (χ0v) is 17.1. The Balaban J connectivity index is 1.46. The highest BCUT2D eigenvalue weighted by Gasteiger charge is 2.42. The maximum atomic E-state index is 13.7. The van der Waals surface area contributed by atoms with E-state index in [1.807, 2.05) is 24.3 Å². The summed E-state index contributed by atoms with van der Waals surface area (Å²) >= 11 is 0. The Kier molecular flexibility index (Phi) is 6.22. The van der Waals surface area contributed by atoms with Gasteiger partial charge in [0.25, 0.3) is 5.91 Å². The fourth-order valence-electron chi connectivity index (χ4n) is 3.68. The minimum Gasteiger partial charge on any atom is -0.346 e. The summed E-state index contributed by atoms with van der Waals surface area (Å²) in [6, 6.07) is 11.8. The van der Waals surface area contributed by atoms with Gasteiger partial charge in [0.05, 0.1) is 5.69 Å². The number of carbonyl (C=O) groups is 1. The van der Waals surface area contributed by atoms with Crippen LogP contribution in [0.4, 0.5) is 17.6 Å². The predicted molar refractivity (Wildman–Crippen MR) is 108 cm³/mol. The molecule has 168 valence electrons. The van der Waals surface area contributed by atoms with Gasteiger partial charge in [0, 0.05) is 13.1 Å². The number of benzene rings is 2. The zero-order chi connectivity index (χ0) is 22.7. The molecule has 2 aromatic carbocycles. The number of nitrogens with one attached hydrogen (secondary N) is 1. The van der Waals surface area contributed by atoms with Crippen molar-refractivity contribution in [1.29, 1.82) is 0 Å². The normalized spacial score (nSPS) is 14.6. The van der Waals surface area contributed by atoms with Crippen molar-refractivity contribution in [3.05, 3.63) is 76.9 Å². The fraction of sp³-hybridized carbons (Fsp3) is 0.318. The minimum atomic E-state index is -4.89. The highest BCUT2D eigenvalue weighted by molar-refractivity contribution is 5.93. The molecule has 4 rings (SSSR count). The first kappa shape index (κ1) is 21.9. The van der Waals surface area contributed by atoms with E-state index in [0.717, 1.165) is 55.0 Å². The summed E-state index contributed by atoms with van der Waals surface area (Å²) in [7, 11) is 0. The van der Waals surface area contributed by atoms with Crippen LogP contribution in [0.25, 0.3) is 5.69 Å². The van der Waals surface area contributed by atoms with Crippen molar-refractivity contribution in [2.24, 2.45) is 0 Å². The number of hydrogen-bond donors (Lipinski definition) is 1. The number of hydrogen-bond acceptors (Lipinski definition) is 4. The van der Waals surface area contributed by atoms with E-state index in [4.69, 9.17) is 0 Å². The molecule has 1 amide bonds. The van der Waals surface area contributed by atoms with Crippen LogP contribution in [0.2, 0.25) is 0 Å². The van der Waals surface area contributed by atoms with Crippen LogP contribution in [-0.4, -0.2) is 38.9 Å². The van der Waals surface area contributed by atoms with Gasteiger partial charge in [-0.1, -0.05) is 29.5 Å². The minimum absolute atomic E-state index is 0.0452. The molecule has 1 aromatic heterocycles. The third-order valence-electron chi connectivity index (χ3n) is 5.31. The average Bonchev–Trinajstić information content (AvgIpc) is 3.43. The molecule has 1 aliphatic heterocycles. The molecule has 0 atom stereocenters. The lowest BCUT2D eigenvalue weighted by Crippen LogP contribution is -2.27. The monoisotopic (exact) mass is 447 g/mol. The number of aromatic nitrogens is 3. The van der Waals surface area contributed by atoms with Crippen LogP contribution >= 0.6 is 0 Å². The molecule has 0 unspecified atom stereocenters. The number of amides is 1. The van der Waals surface area contributed by atoms with Crippen LogP contribution in [0.1, 0.15) is 40.2 Å². The van der Waals surface area contributed by atoms with Crippen molar-refractivity contribution in [3.8, 4) is 5.69 Å². The van der Waals surface area contributed by atoms with Gasteiger partial charge < -0.3 is 5.32 Å². The van der Waals surface area contributed by atoms with E-state index in [1.54, 1.807) is 0 Å². The Morgan fingerprint density at radius 2 is 1.59 bits per heavy atom.